The van der Waals surface area contributed by atoms with E-state index in [-0.39, 0.29) is 47.4 Å². The summed E-state index contributed by atoms with van der Waals surface area (Å²) in [4.78, 5) is 31.9. The van der Waals surface area contributed by atoms with Gasteiger partial charge in [0.1, 0.15) is 11.9 Å². The summed E-state index contributed by atoms with van der Waals surface area (Å²) in [6.45, 7) is 12.5. The highest BCUT2D eigenvalue weighted by molar-refractivity contribution is 7.93. The average molecular weight is 677 g/mol. The van der Waals surface area contributed by atoms with Crippen molar-refractivity contribution in [2.75, 3.05) is 29.6 Å². The summed E-state index contributed by atoms with van der Waals surface area (Å²) in [7, 11) is -5.65. The van der Waals surface area contributed by atoms with Gasteiger partial charge in [0.25, 0.3) is 11.8 Å². The minimum atomic E-state index is -4.82. The predicted octanol–water partition coefficient (Wildman–Crippen LogP) is 7.68. The fourth-order valence-corrected chi connectivity index (χ4v) is 7.25. The van der Waals surface area contributed by atoms with Crippen LogP contribution in [0.4, 0.5) is 33.5 Å². The Kier molecular flexibility index (Phi) is 10.6. The Morgan fingerprint density at radius 2 is 1.80 bits per heavy atom. The van der Waals surface area contributed by atoms with Crippen LogP contribution in [0.1, 0.15) is 68.4 Å². The standard InChI is InChI=1S/C30H41F5N4O4SSi/c1-19-23(30(33,34)35)18-36-25(39-15-10-13-29(31,32)14-16-39)24(19)27(41)37-21-11-9-12-22(17-21)44(6,42)38-26(40)20(2)43-45(7,8)28(3,4)5/h9,11-12,17-18,20H,10,13-16H2,1-8H3,(H,37,41)/t20-,44-/m1/s1. The van der Waals surface area contributed by atoms with Gasteiger partial charge in [-0.15, -0.1) is 0 Å². The topological polar surface area (TPSA) is 101 Å². The second-order valence-electron chi connectivity index (χ2n) is 12.9. The zero-order chi connectivity index (χ0) is 34.2. The summed E-state index contributed by atoms with van der Waals surface area (Å²) in [6.07, 6.45) is -4.76. The molecule has 0 radical (unpaired) electrons. The lowest BCUT2D eigenvalue weighted by atomic mass is 10.0. The van der Waals surface area contributed by atoms with E-state index in [4.69, 9.17) is 4.43 Å². The van der Waals surface area contributed by atoms with Crippen LogP contribution in [0.5, 0.6) is 0 Å². The molecule has 15 heteroatoms. The van der Waals surface area contributed by atoms with E-state index in [2.05, 4.69) is 14.7 Å². The van der Waals surface area contributed by atoms with Crippen molar-refractivity contribution < 1.29 is 40.2 Å². The van der Waals surface area contributed by atoms with Crippen molar-refractivity contribution in [3.05, 3.63) is 47.2 Å². The largest absolute Gasteiger partial charge is 0.418 e. The first-order valence-electron chi connectivity index (χ1n) is 14.5. The number of nitrogens with zero attached hydrogens (tertiary/aromatic N) is 3. The molecule has 0 saturated carbocycles. The molecule has 2 heterocycles. The molecular formula is C30H41F5N4O4SSi. The van der Waals surface area contributed by atoms with Gasteiger partial charge in [-0.2, -0.15) is 17.5 Å². The minimum Gasteiger partial charge on any atom is -0.405 e. The summed E-state index contributed by atoms with van der Waals surface area (Å²) in [6, 6.07) is 5.66. The van der Waals surface area contributed by atoms with Gasteiger partial charge >= 0.3 is 6.18 Å². The minimum absolute atomic E-state index is 0.0600. The van der Waals surface area contributed by atoms with Crippen molar-refractivity contribution in [2.45, 2.75) is 95.1 Å². The third kappa shape index (κ3) is 8.88. The molecule has 1 aromatic carbocycles. The first-order chi connectivity index (χ1) is 20.4. The van der Waals surface area contributed by atoms with Crippen LogP contribution in [0.3, 0.4) is 0 Å². The van der Waals surface area contributed by atoms with Crippen LogP contribution in [0.2, 0.25) is 18.1 Å². The number of nitrogens with one attached hydrogen (secondary N) is 1. The molecular weight excluding hydrogens is 635 g/mol. The van der Waals surface area contributed by atoms with Crippen LogP contribution in [-0.2, 0) is 25.1 Å². The van der Waals surface area contributed by atoms with Crippen molar-refractivity contribution in [2.24, 2.45) is 4.36 Å². The van der Waals surface area contributed by atoms with Crippen LogP contribution in [0.25, 0.3) is 0 Å². The second-order valence-corrected chi connectivity index (χ2v) is 19.9. The van der Waals surface area contributed by atoms with Gasteiger partial charge in [-0.25, -0.2) is 18.0 Å². The third-order valence-corrected chi connectivity index (χ3v) is 14.5. The Morgan fingerprint density at radius 3 is 2.40 bits per heavy atom. The number of rotatable bonds is 7. The maximum absolute atomic E-state index is 14.0. The van der Waals surface area contributed by atoms with E-state index >= 15 is 0 Å². The fraction of sp³-hybridized carbons (Fsp3) is 0.567. The molecule has 8 nitrogen and oxygen atoms in total. The van der Waals surface area contributed by atoms with E-state index in [1.54, 1.807) is 6.92 Å². The average Bonchev–Trinajstić information content (AvgIpc) is 3.06. The molecule has 1 aliphatic heterocycles. The highest BCUT2D eigenvalue weighted by Gasteiger charge is 2.40. The van der Waals surface area contributed by atoms with E-state index in [1.807, 2.05) is 33.9 Å². The van der Waals surface area contributed by atoms with E-state index in [0.29, 0.717) is 6.20 Å². The second kappa shape index (κ2) is 13.1. The number of carbonyl (C=O) groups excluding carboxylic acids is 2. The Balaban J connectivity index is 1.95. The summed E-state index contributed by atoms with van der Waals surface area (Å²) < 4.78 is 93.1. The van der Waals surface area contributed by atoms with Gasteiger partial charge in [0, 0.05) is 49.0 Å². The molecule has 1 N–H and O–H groups in total. The summed E-state index contributed by atoms with van der Waals surface area (Å²) in [5, 5.41) is 2.36. The molecule has 1 fully saturated rings. The number of alkyl halides is 5. The maximum Gasteiger partial charge on any atom is 0.418 e. The first kappa shape index (κ1) is 36.6. The zero-order valence-corrected chi connectivity index (χ0v) is 28.6. The number of pyridine rings is 1. The number of amides is 2. The lowest BCUT2D eigenvalue weighted by Crippen LogP contribution is -2.45. The van der Waals surface area contributed by atoms with Crippen LogP contribution < -0.4 is 10.2 Å². The van der Waals surface area contributed by atoms with Gasteiger partial charge in [0.2, 0.25) is 5.92 Å². The van der Waals surface area contributed by atoms with E-state index in [0.717, 1.165) is 6.92 Å². The Hall–Kier alpha value is -2.91. The molecule has 45 heavy (non-hydrogen) atoms. The van der Waals surface area contributed by atoms with Gasteiger partial charge in [-0.1, -0.05) is 26.8 Å². The molecule has 1 saturated heterocycles. The SMILES string of the molecule is Cc1c(C(F)(F)F)cnc(N2CCCC(F)(F)CC2)c1C(=O)Nc1cccc([S@@](C)(=O)=NC(=O)[C@@H](C)O[Si](C)(C)C(C)(C)C)c1. The van der Waals surface area contributed by atoms with Crippen molar-refractivity contribution in [3.63, 3.8) is 0 Å². The zero-order valence-electron chi connectivity index (χ0n) is 26.8. The number of carbonyl (C=O) groups is 2. The van der Waals surface area contributed by atoms with Crippen molar-refractivity contribution in [1.29, 1.82) is 0 Å². The van der Waals surface area contributed by atoms with Crippen molar-refractivity contribution in [1.82, 2.24) is 4.98 Å². The highest BCUT2D eigenvalue weighted by Crippen LogP contribution is 2.38. The number of hydrogen-bond donors (Lipinski definition) is 1. The van der Waals surface area contributed by atoms with Gasteiger partial charge in [-0.3, -0.25) is 9.59 Å². The molecule has 2 atom stereocenters. The van der Waals surface area contributed by atoms with Crippen LogP contribution >= 0.6 is 0 Å². The number of halogens is 5. The first-order valence-corrected chi connectivity index (χ1v) is 19.3. The number of anilines is 2. The molecule has 0 spiro atoms. The Labute approximate surface area is 262 Å². The van der Waals surface area contributed by atoms with Crippen molar-refractivity contribution in [3.8, 4) is 0 Å². The van der Waals surface area contributed by atoms with Crippen LogP contribution in [0.15, 0.2) is 39.7 Å². The van der Waals surface area contributed by atoms with Crippen LogP contribution in [-0.4, -0.2) is 60.7 Å². The third-order valence-electron chi connectivity index (χ3n) is 8.29. The summed E-state index contributed by atoms with van der Waals surface area (Å²) >= 11 is 0. The summed E-state index contributed by atoms with van der Waals surface area (Å²) in [5.74, 6) is -4.74. The number of aromatic nitrogens is 1. The van der Waals surface area contributed by atoms with Gasteiger partial charge in [0.15, 0.2) is 8.32 Å². The molecule has 2 amide bonds. The van der Waals surface area contributed by atoms with Gasteiger partial charge < -0.3 is 14.6 Å². The van der Waals surface area contributed by atoms with Crippen LogP contribution in [0, 0.1) is 6.92 Å². The highest BCUT2D eigenvalue weighted by atomic mass is 32.2. The van der Waals surface area contributed by atoms with E-state index in [9.17, 15) is 35.8 Å². The normalized spacial score (nSPS) is 18.0. The molecule has 1 aliphatic rings. The molecule has 2 aromatic rings. The van der Waals surface area contributed by atoms with Crippen molar-refractivity contribution >= 4 is 41.4 Å². The molecule has 0 bridgehead atoms. The Bertz CT molecular complexity index is 1570. The molecule has 1 aromatic heterocycles. The lowest BCUT2D eigenvalue weighted by molar-refractivity contribution is -0.138. The van der Waals surface area contributed by atoms with Gasteiger partial charge in [-0.05, 0) is 62.2 Å². The Morgan fingerprint density at radius 1 is 1.16 bits per heavy atom. The molecule has 0 aliphatic carbocycles. The molecule has 250 valence electrons. The van der Waals surface area contributed by atoms with E-state index < -0.39 is 71.2 Å². The number of hydrogen-bond acceptors (Lipinski definition) is 6. The smallest absolute Gasteiger partial charge is 0.405 e. The fourth-order valence-electron chi connectivity index (χ4n) is 4.63. The quantitative estimate of drug-likeness (QED) is 0.239. The molecule has 0 unspecified atom stereocenters. The number of benzene rings is 1. The maximum atomic E-state index is 14.0. The monoisotopic (exact) mass is 676 g/mol. The summed E-state index contributed by atoms with van der Waals surface area (Å²) in [5.41, 5.74) is -1.87. The molecule has 3 rings (SSSR count). The lowest BCUT2D eigenvalue weighted by Gasteiger charge is -2.37. The van der Waals surface area contributed by atoms with Gasteiger partial charge in [0.05, 0.1) is 20.9 Å². The van der Waals surface area contributed by atoms with E-state index in [1.165, 1.54) is 35.4 Å². The predicted molar refractivity (Wildman–Crippen MR) is 167 cm³/mol.